The molecule has 0 bridgehead atoms. The number of rotatable bonds is 40. The lowest BCUT2D eigenvalue weighted by atomic mass is 9.98. The quantitative estimate of drug-likeness (QED) is 0.0874. The summed E-state index contributed by atoms with van der Waals surface area (Å²) >= 11 is 0. The Balaban J connectivity index is 0.931. The Morgan fingerprint density at radius 3 is 1.11 bits per heavy atom. The van der Waals surface area contributed by atoms with Gasteiger partial charge in [0, 0.05) is 25.7 Å². The van der Waals surface area contributed by atoms with Crippen LogP contribution in [-0.2, 0) is 56.8 Å². The molecule has 0 saturated carbocycles. The van der Waals surface area contributed by atoms with Gasteiger partial charge in [0.1, 0.15) is 6.61 Å². The van der Waals surface area contributed by atoms with Crippen LogP contribution < -0.4 is 5.32 Å². The summed E-state index contributed by atoms with van der Waals surface area (Å²) in [6, 6.07) is 16.6. The minimum absolute atomic E-state index is 0.0498. The number of hydrogen-bond acceptors (Lipinski definition) is 13. The number of benzene rings is 2. The van der Waals surface area contributed by atoms with E-state index in [-0.39, 0.29) is 5.92 Å². The lowest BCUT2D eigenvalue weighted by Gasteiger charge is -2.14. The molecule has 0 aliphatic heterocycles. The molecule has 0 heterocycles. The number of unbranched alkanes of at least 4 members (excludes halogenated alkanes) is 2. The molecule has 0 aromatic heterocycles. The number of nitrogens with one attached hydrogen (secondary N) is 1. The smallest absolute Gasteiger partial charge is 0.407 e. The second kappa shape index (κ2) is 35.2. The van der Waals surface area contributed by atoms with Crippen molar-refractivity contribution in [1.82, 2.24) is 5.32 Å². The monoisotopic (exact) mass is 807 g/mol. The lowest BCUT2D eigenvalue weighted by Crippen LogP contribution is -2.27. The van der Waals surface area contributed by atoms with Gasteiger partial charge in [0.15, 0.2) is 0 Å². The molecule has 1 aliphatic carbocycles. The Bertz CT molecular complexity index is 1190. The van der Waals surface area contributed by atoms with Crippen molar-refractivity contribution in [2.75, 3.05) is 159 Å². The molecule has 57 heavy (non-hydrogen) atoms. The molecular formula is C43H69NO13. The molecule has 1 aliphatic rings. The first-order valence-electron chi connectivity index (χ1n) is 20.7. The van der Waals surface area contributed by atoms with Gasteiger partial charge in [-0.15, -0.1) is 0 Å². The van der Waals surface area contributed by atoms with Gasteiger partial charge in [0.25, 0.3) is 0 Å². The third-order valence-corrected chi connectivity index (χ3v) is 8.69. The van der Waals surface area contributed by atoms with Crippen LogP contribution in [0, 0.1) is 0 Å². The summed E-state index contributed by atoms with van der Waals surface area (Å²) in [7, 11) is 0. The van der Waals surface area contributed by atoms with Gasteiger partial charge in [-0.1, -0.05) is 68.3 Å². The Morgan fingerprint density at radius 2 is 0.754 bits per heavy atom. The van der Waals surface area contributed by atoms with Crippen LogP contribution >= 0.6 is 0 Å². The Hall–Kier alpha value is -2.73. The maximum Gasteiger partial charge on any atom is 0.407 e. The van der Waals surface area contributed by atoms with Crippen molar-refractivity contribution >= 4 is 6.09 Å². The molecular weight excluding hydrogens is 738 g/mol. The number of amides is 1. The summed E-state index contributed by atoms with van der Waals surface area (Å²) in [5.41, 5.74) is 4.81. The zero-order chi connectivity index (χ0) is 40.1. The minimum atomic E-state index is -0.414. The van der Waals surface area contributed by atoms with Crippen molar-refractivity contribution in [2.24, 2.45) is 0 Å². The van der Waals surface area contributed by atoms with Crippen molar-refractivity contribution in [3.05, 3.63) is 59.7 Å². The van der Waals surface area contributed by atoms with Gasteiger partial charge in [-0.3, -0.25) is 0 Å². The highest BCUT2D eigenvalue weighted by molar-refractivity contribution is 5.79. The third kappa shape index (κ3) is 24.1. The van der Waals surface area contributed by atoms with Gasteiger partial charge in [-0.05, 0) is 35.1 Å². The molecule has 0 unspecified atom stereocenters. The maximum absolute atomic E-state index is 12.3. The highest BCUT2D eigenvalue weighted by Crippen LogP contribution is 2.44. The van der Waals surface area contributed by atoms with Gasteiger partial charge in [-0.2, -0.15) is 0 Å². The first kappa shape index (κ1) is 48.6. The Labute approximate surface area is 340 Å². The minimum Gasteiger partial charge on any atom is -0.449 e. The van der Waals surface area contributed by atoms with E-state index in [0.29, 0.717) is 158 Å². The molecule has 3 rings (SSSR count). The summed E-state index contributed by atoms with van der Waals surface area (Å²) < 4.78 is 66.2. The highest BCUT2D eigenvalue weighted by Gasteiger charge is 2.28. The van der Waals surface area contributed by atoms with E-state index >= 15 is 0 Å². The number of hydrogen-bond donors (Lipinski definition) is 1. The molecule has 0 radical (unpaired) electrons. The summed E-state index contributed by atoms with van der Waals surface area (Å²) in [4.78, 5) is 12.3. The molecule has 0 atom stereocenters. The van der Waals surface area contributed by atoms with E-state index in [1.54, 1.807) is 0 Å². The van der Waals surface area contributed by atoms with Crippen LogP contribution in [0.5, 0.6) is 0 Å². The Kier molecular flexibility index (Phi) is 30.1. The fourth-order valence-electron chi connectivity index (χ4n) is 5.77. The standard InChI is InChI=1S/C43H69NO13/c1-2-3-8-15-46-17-19-48-21-23-50-25-27-52-29-31-54-33-35-56-36-34-55-32-30-53-28-26-51-24-22-49-20-18-47-16-9-14-44-43(45)57-37-42-40-12-6-4-10-38(40)39-11-5-7-13-41(39)42/h4-7,10-13,42H,2-3,8-9,14-37H2,1H3,(H,44,45). The van der Waals surface area contributed by atoms with E-state index < -0.39 is 6.09 Å². The number of carbonyl (C=O) groups is 1. The normalized spacial score (nSPS) is 12.2. The molecule has 14 nitrogen and oxygen atoms in total. The summed E-state index contributed by atoms with van der Waals surface area (Å²) in [5.74, 6) is 0.0498. The molecule has 0 fully saturated rings. The molecule has 14 heteroatoms. The Morgan fingerprint density at radius 1 is 0.439 bits per heavy atom. The average Bonchev–Trinajstić information content (AvgIpc) is 3.55. The van der Waals surface area contributed by atoms with E-state index in [1.165, 1.54) is 35.1 Å². The first-order valence-corrected chi connectivity index (χ1v) is 20.7. The lowest BCUT2D eigenvalue weighted by molar-refractivity contribution is -0.0275. The van der Waals surface area contributed by atoms with E-state index in [1.807, 2.05) is 24.3 Å². The third-order valence-electron chi connectivity index (χ3n) is 8.69. The fourth-order valence-corrected chi connectivity index (χ4v) is 5.77. The van der Waals surface area contributed by atoms with E-state index in [4.69, 9.17) is 56.8 Å². The predicted molar refractivity (Wildman–Crippen MR) is 216 cm³/mol. The zero-order valence-electron chi connectivity index (χ0n) is 34.3. The van der Waals surface area contributed by atoms with Gasteiger partial charge < -0.3 is 62.2 Å². The SMILES string of the molecule is CCCCCOCCOCCOCCOCCOCCOCCOCCOCCOCCOCCOCCCNC(=O)OCC1c2ccccc2-c2ccccc21. The van der Waals surface area contributed by atoms with Crippen molar-refractivity contribution in [3.63, 3.8) is 0 Å². The first-order chi connectivity index (χ1) is 28.3. The molecule has 2 aromatic carbocycles. The van der Waals surface area contributed by atoms with Gasteiger partial charge >= 0.3 is 6.09 Å². The van der Waals surface area contributed by atoms with Crippen molar-refractivity contribution in [3.8, 4) is 11.1 Å². The van der Waals surface area contributed by atoms with E-state index in [2.05, 4.69) is 36.5 Å². The second-order valence-corrected chi connectivity index (χ2v) is 13.0. The molecule has 1 amide bonds. The van der Waals surface area contributed by atoms with Gasteiger partial charge in [-0.25, -0.2) is 4.79 Å². The number of carbonyl (C=O) groups excluding carboxylic acids is 1. The van der Waals surface area contributed by atoms with E-state index in [0.717, 1.165) is 13.0 Å². The van der Waals surface area contributed by atoms with Crippen LogP contribution in [-0.4, -0.2) is 165 Å². The van der Waals surface area contributed by atoms with Crippen molar-refractivity contribution in [2.45, 2.75) is 38.5 Å². The number of fused-ring (bicyclic) bond motifs is 3. The molecule has 0 spiro atoms. The number of alkyl carbamates (subject to hydrolysis) is 1. The average molecular weight is 808 g/mol. The van der Waals surface area contributed by atoms with Crippen LogP contribution in [0.15, 0.2) is 48.5 Å². The molecule has 1 N–H and O–H groups in total. The summed E-state index contributed by atoms with van der Waals surface area (Å²) in [5, 5.41) is 2.81. The van der Waals surface area contributed by atoms with Crippen LogP contribution in [0.3, 0.4) is 0 Å². The van der Waals surface area contributed by atoms with Crippen LogP contribution in [0.1, 0.15) is 49.7 Å². The molecule has 324 valence electrons. The highest BCUT2D eigenvalue weighted by atomic mass is 16.6. The largest absolute Gasteiger partial charge is 0.449 e. The summed E-state index contributed by atoms with van der Waals surface area (Å²) in [6.07, 6.45) is 3.80. The van der Waals surface area contributed by atoms with Crippen LogP contribution in [0.25, 0.3) is 11.1 Å². The molecule has 0 saturated heterocycles. The van der Waals surface area contributed by atoms with Crippen LogP contribution in [0.4, 0.5) is 4.79 Å². The van der Waals surface area contributed by atoms with Crippen LogP contribution in [0.2, 0.25) is 0 Å². The topological polar surface area (TPSA) is 140 Å². The van der Waals surface area contributed by atoms with Gasteiger partial charge in [0.05, 0.1) is 132 Å². The van der Waals surface area contributed by atoms with Crippen molar-refractivity contribution < 1.29 is 61.6 Å². The molecule has 2 aromatic rings. The van der Waals surface area contributed by atoms with Gasteiger partial charge in [0.2, 0.25) is 0 Å². The van der Waals surface area contributed by atoms with E-state index in [9.17, 15) is 4.79 Å². The number of ether oxygens (including phenoxy) is 12. The zero-order valence-corrected chi connectivity index (χ0v) is 34.3. The maximum atomic E-state index is 12.3. The second-order valence-electron chi connectivity index (χ2n) is 13.0. The fraction of sp³-hybridized carbons (Fsp3) is 0.698. The van der Waals surface area contributed by atoms with Crippen molar-refractivity contribution in [1.29, 1.82) is 0 Å². The predicted octanol–water partition coefficient (Wildman–Crippen LogP) is 5.29. The summed E-state index contributed by atoms with van der Waals surface area (Å²) in [6.45, 7) is 14.7.